The summed E-state index contributed by atoms with van der Waals surface area (Å²) in [5.41, 5.74) is 0.976. The van der Waals surface area contributed by atoms with E-state index in [4.69, 9.17) is 4.74 Å². The Kier molecular flexibility index (Phi) is 5.71. The molecule has 2 atom stereocenters. The molecule has 1 aliphatic rings. The van der Waals surface area contributed by atoms with E-state index in [1.807, 2.05) is 38.1 Å². The Bertz CT molecular complexity index is 550. The van der Waals surface area contributed by atoms with Crippen molar-refractivity contribution in [2.24, 2.45) is 0 Å². The van der Waals surface area contributed by atoms with Crippen molar-refractivity contribution in [1.82, 2.24) is 10.2 Å². The summed E-state index contributed by atoms with van der Waals surface area (Å²) in [6.07, 6.45) is 0.318. The fourth-order valence-electron chi connectivity index (χ4n) is 2.52. The number of nitrogens with one attached hydrogen (secondary N) is 1. The van der Waals surface area contributed by atoms with Gasteiger partial charge in [-0.2, -0.15) is 0 Å². The zero-order valence-corrected chi connectivity index (χ0v) is 14.0. The largest absolute Gasteiger partial charge is 0.496 e. The lowest BCUT2D eigenvalue weighted by Gasteiger charge is -2.25. The first kappa shape index (κ1) is 16.7. The smallest absolute Gasteiger partial charge is 0.236 e. The molecule has 0 bridgehead atoms. The van der Waals surface area contributed by atoms with E-state index in [2.05, 4.69) is 5.32 Å². The molecule has 1 aromatic rings. The van der Waals surface area contributed by atoms with Crippen LogP contribution in [0.4, 0.5) is 0 Å². The third kappa shape index (κ3) is 3.55. The van der Waals surface area contributed by atoms with E-state index in [0.29, 0.717) is 19.5 Å². The maximum atomic E-state index is 12.4. The third-order valence-electron chi connectivity index (χ3n) is 3.61. The van der Waals surface area contributed by atoms with Crippen LogP contribution < -0.4 is 10.1 Å². The van der Waals surface area contributed by atoms with Gasteiger partial charge in [-0.1, -0.05) is 18.2 Å². The van der Waals surface area contributed by atoms with Crippen LogP contribution in [0.5, 0.6) is 5.75 Å². The number of amides is 2. The van der Waals surface area contributed by atoms with E-state index < -0.39 is 0 Å². The molecule has 120 valence electrons. The topological polar surface area (TPSA) is 58.6 Å². The fourth-order valence-corrected chi connectivity index (χ4v) is 3.86. The van der Waals surface area contributed by atoms with Gasteiger partial charge in [0.25, 0.3) is 0 Å². The van der Waals surface area contributed by atoms with Gasteiger partial charge in [0.1, 0.15) is 11.1 Å². The van der Waals surface area contributed by atoms with Gasteiger partial charge in [0.2, 0.25) is 11.8 Å². The van der Waals surface area contributed by atoms with Crippen LogP contribution in [0, 0.1) is 0 Å². The van der Waals surface area contributed by atoms with Crippen LogP contribution >= 0.6 is 11.8 Å². The van der Waals surface area contributed by atoms with Crippen LogP contribution in [-0.4, -0.2) is 42.2 Å². The standard InChI is InChI=1S/C16H22N2O3S/c1-4-17-14(19)9-10-18-15(20)11(2)22-16(18)12-7-5-6-8-13(12)21-3/h5-8,11,16H,4,9-10H2,1-3H3,(H,17,19)/t11-,16+/m0/s1. The number of hydrogen-bond acceptors (Lipinski definition) is 4. The molecular formula is C16H22N2O3S. The van der Waals surface area contributed by atoms with E-state index in [9.17, 15) is 9.59 Å². The molecule has 1 fully saturated rings. The van der Waals surface area contributed by atoms with Gasteiger partial charge in [-0.15, -0.1) is 11.8 Å². The first-order chi connectivity index (χ1) is 10.6. The van der Waals surface area contributed by atoms with Crippen molar-refractivity contribution >= 4 is 23.6 Å². The lowest BCUT2D eigenvalue weighted by atomic mass is 10.1. The van der Waals surface area contributed by atoms with Crippen molar-refractivity contribution in [3.8, 4) is 5.75 Å². The zero-order chi connectivity index (χ0) is 16.1. The highest BCUT2D eigenvalue weighted by Gasteiger charge is 2.39. The summed E-state index contributed by atoms with van der Waals surface area (Å²) >= 11 is 1.59. The van der Waals surface area contributed by atoms with Crippen LogP contribution in [0.25, 0.3) is 0 Å². The SMILES string of the molecule is CCNC(=O)CCN1C(=O)[C@H](C)S[C@@H]1c1ccccc1OC. The van der Waals surface area contributed by atoms with Gasteiger partial charge in [-0.3, -0.25) is 9.59 Å². The average Bonchev–Trinajstić information content (AvgIpc) is 2.80. The van der Waals surface area contributed by atoms with Crippen molar-refractivity contribution in [3.63, 3.8) is 0 Å². The summed E-state index contributed by atoms with van der Waals surface area (Å²) < 4.78 is 5.41. The number of rotatable bonds is 6. The Morgan fingerprint density at radius 3 is 2.82 bits per heavy atom. The Hall–Kier alpha value is -1.69. The van der Waals surface area contributed by atoms with Crippen LogP contribution in [0.3, 0.4) is 0 Å². The number of ether oxygens (including phenoxy) is 1. The number of carbonyl (C=O) groups is 2. The predicted molar refractivity (Wildman–Crippen MR) is 87.8 cm³/mol. The summed E-state index contributed by atoms with van der Waals surface area (Å²) in [7, 11) is 1.63. The van der Waals surface area contributed by atoms with Gasteiger partial charge in [0.15, 0.2) is 0 Å². The number of para-hydroxylation sites is 1. The molecule has 1 saturated heterocycles. The minimum atomic E-state index is -0.107. The van der Waals surface area contributed by atoms with E-state index in [1.165, 1.54) is 0 Å². The number of benzene rings is 1. The van der Waals surface area contributed by atoms with Crippen LogP contribution in [-0.2, 0) is 9.59 Å². The molecule has 1 heterocycles. The summed E-state index contributed by atoms with van der Waals surface area (Å²) in [6.45, 7) is 4.81. The van der Waals surface area contributed by atoms with Crippen molar-refractivity contribution in [2.45, 2.75) is 30.9 Å². The van der Waals surface area contributed by atoms with Gasteiger partial charge in [0.05, 0.1) is 12.4 Å². The van der Waals surface area contributed by atoms with Crippen LogP contribution in [0.15, 0.2) is 24.3 Å². The minimum absolute atomic E-state index is 0.0290. The van der Waals surface area contributed by atoms with E-state index in [1.54, 1.807) is 23.8 Å². The highest BCUT2D eigenvalue weighted by Crippen LogP contribution is 2.45. The van der Waals surface area contributed by atoms with Crippen molar-refractivity contribution < 1.29 is 14.3 Å². The molecule has 2 rings (SSSR count). The average molecular weight is 322 g/mol. The lowest BCUT2D eigenvalue weighted by Crippen LogP contribution is -2.34. The molecule has 0 aliphatic carbocycles. The van der Waals surface area contributed by atoms with E-state index in [-0.39, 0.29) is 22.4 Å². The monoisotopic (exact) mass is 322 g/mol. The predicted octanol–water partition coefficient (Wildman–Crippen LogP) is 2.18. The Labute approximate surface area is 135 Å². The second-order valence-electron chi connectivity index (χ2n) is 5.11. The molecule has 5 nitrogen and oxygen atoms in total. The number of hydrogen-bond donors (Lipinski definition) is 1. The first-order valence-electron chi connectivity index (χ1n) is 7.44. The Morgan fingerprint density at radius 2 is 2.14 bits per heavy atom. The Morgan fingerprint density at radius 1 is 1.41 bits per heavy atom. The quantitative estimate of drug-likeness (QED) is 0.872. The van der Waals surface area contributed by atoms with Crippen molar-refractivity contribution in [1.29, 1.82) is 0 Å². The number of carbonyl (C=O) groups excluding carboxylic acids is 2. The van der Waals surface area contributed by atoms with Crippen molar-refractivity contribution in [2.75, 3.05) is 20.2 Å². The lowest BCUT2D eigenvalue weighted by molar-refractivity contribution is -0.130. The third-order valence-corrected chi connectivity index (χ3v) is 4.98. The zero-order valence-electron chi connectivity index (χ0n) is 13.2. The molecule has 1 aliphatic heterocycles. The number of thioether (sulfide) groups is 1. The van der Waals surface area contributed by atoms with Gasteiger partial charge >= 0.3 is 0 Å². The highest BCUT2D eigenvalue weighted by molar-refractivity contribution is 8.01. The highest BCUT2D eigenvalue weighted by atomic mass is 32.2. The number of methoxy groups -OCH3 is 1. The summed E-state index contributed by atoms with van der Waals surface area (Å²) in [4.78, 5) is 25.8. The molecule has 22 heavy (non-hydrogen) atoms. The van der Waals surface area contributed by atoms with Crippen LogP contribution in [0.2, 0.25) is 0 Å². The minimum Gasteiger partial charge on any atom is -0.496 e. The molecular weight excluding hydrogens is 300 g/mol. The van der Waals surface area contributed by atoms with Crippen molar-refractivity contribution in [3.05, 3.63) is 29.8 Å². The molecule has 6 heteroatoms. The second kappa shape index (κ2) is 7.54. The summed E-state index contributed by atoms with van der Waals surface area (Å²) in [6, 6.07) is 7.71. The van der Waals surface area contributed by atoms with E-state index in [0.717, 1.165) is 11.3 Å². The molecule has 0 saturated carbocycles. The van der Waals surface area contributed by atoms with Gasteiger partial charge in [0, 0.05) is 25.1 Å². The first-order valence-corrected chi connectivity index (χ1v) is 8.38. The summed E-state index contributed by atoms with van der Waals surface area (Å²) in [5, 5.41) is 2.55. The maximum absolute atomic E-state index is 12.4. The molecule has 2 amide bonds. The maximum Gasteiger partial charge on any atom is 0.236 e. The van der Waals surface area contributed by atoms with Gasteiger partial charge < -0.3 is 15.0 Å². The normalized spacial score (nSPS) is 21.0. The molecule has 1 N–H and O–H groups in total. The van der Waals surface area contributed by atoms with Crippen LogP contribution in [0.1, 0.15) is 31.2 Å². The van der Waals surface area contributed by atoms with E-state index >= 15 is 0 Å². The number of nitrogens with zero attached hydrogens (tertiary/aromatic N) is 1. The molecule has 1 aromatic carbocycles. The summed E-state index contributed by atoms with van der Waals surface area (Å²) in [5.74, 6) is 0.814. The second-order valence-corrected chi connectivity index (χ2v) is 6.53. The molecule has 0 spiro atoms. The van der Waals surface area contributed by atoms with Gasteiger partial charge in [-0.05, 0) is 19.9 Å². The Balaban J connectivity index is 2.17. The van der Waals surface area contributed by atoms with Gasteiger partial charge in [-0.25, -0.2) is 0 Å². The molecule has 0 radical (unpaired) electrons. The fraction of sp³-hybridized carbons (Fsp3) is 0.500. The molecule has 0 unspecified atom stereocenters. The molecule has 0 aromatic heterocycles.